The lowest BCUT2D eigenvalue weighted by Crippen LogP contribution is -1.97. The molecule has 0 radical (unpaired) electrons. The van der Waals surface area contributed by atoms with E-state index >= 15 is 0 Å². The summed E-state index contributed by atoms with van der Waals surface area (Å²) in [6.07, 6.45) is 3.20. The van der Waals surface area contributed by atoms with Gasteiger partial charge < -0.3 is 9.58 Å². The van der Waals surface area contributed by atoms with Gasteiger partial charge in [0, 0.05) is 13.0 Å². The van der Waals surface area contributed by atoms with Crippen LogP contribution in [0, 0.1) is 6.57 Å². The van der Waals surface area contributed by atoms with Crippen LogP contribution in [-0.4, -0.2) is 19.8 Å². The van der Waals surface area contributed by atoms with Crippen LogP contribution in [0.5, 0.6) is 0 Å². The minimum atomic E-state index is 0.603. The van der Waals surface area contributed by atoms with E-state index in [1.165, 1.54) is 6.42 Å². The molecule has 0 aromatic carbocycles. The Morgan fingerprint density at radius 3 is 2.60 bits per heavy atom. The molecule has 0 aliphatic heterocycles. The van der Waals surface area contributed by atoms with Crippen molar-refractivity contribution < 1.29 is 4.74 Å². The number of unbranched alkanes of at least 4 members (excludes halogenated alkanes) is 1. The Balaban J connectivity index is 2.72. The SMILES string of the molecule is [C-]#[N+]CCCOCCCC. The molecule has 0 amide bonds. The molecule has 0 aromatic heterocycles. The maximum absolute atomic E-state index is 6.49. The van der Waals surface area contributed by atoms with Gasteiger partial charge in [0.05, 0.1) is 6.61 Å². The van der Waals surface area contributed by atoms with Crippen molar-refractivity contribution in [2.45, 2.75) is 26.2 Å². The van der Waals surface area contributed by atoms with Crippen LogP contribution in [-0.2, 0) is 4.74 Å². The molecule has 0 aromatic rings. The smallest absolute Gasteiger partial charge is 0.216 e. The van der Waals surface area contributed by atoms with E-state index in [1.807, 2.05) is 0 Å². The van der Waals surface area contributed by atoms with Crippen molar-refractivity contribution in [3.05, 3.63) is 11.4 Å². The molecule has 58 valence electrons. The molecule has 0 saturated heterocycles. The maximum Gasteiger partial charge on any atom is 0.216 e. The molecule has 0 N–H and O–H groups in total. The van der Waals surface area contributed by atoms with Crippen molar-refractivity contribution in [3.8, 4) is 0 Å². The van der Waals surface area contributed by atoms with Gasteiger partial charge in [0.1, 0.15) is 0 Å². The first-order valence-corrected chi connectivity index (χ1v) is 3.82. The second-order valence-electron chi connectivity index (χ2n) is 2.20. The zero-order chi connectivity index (χ0) is 7.66. The largest absolute Gasteiger partial charge is 0.381 e. The average molecular weight is 141 g/mol. The van der Waals surface area contributed by atoms with E-state index in [0.717, 1.165) is 26.1 Å². The lowest BCUT2D eigenvalue weighted by Gasteiger charge is -1.98. The summed E-state index contributed by atoms with van der Waals surface area (Å²) in [5, 5.41) is 0. The number of hydrogen-bond acceptors (Lipinski definition) is 1. The van der Waals surface area contributed by atoms with Crippen LogP contribution < -0.4 is 0 Å². The zero-order valence-corrected chi connectivity index (χ0v) is 6.60. The Bertz CT molecular complexity index is 95.9. The fourth-order valence-electron chi connectivity index (χ4n) is 0.594. The molecule has 0 atom stereocenters. The number of rotatable bonds is 6. The molecule has 0 heterocycles. The molecule has 0 saturated carbocycles. The quantitative estimate of drug-likeness (QED) is 0.408. The molecular weight excluding hydrogens is 126 g/mol. The highest BCUT2D eigenvalue weighted by Crippen LogP contribution is 1.89. The molecule has 0 bridgehead atoms. The van der Waals surface area contributed by atoms with Gasteiger partial charge in [0.25, 0.3) is 0 Å². The monoisotopic (exact) mass is 141 g/mol. The summed E-state index contributed by atoms with van der Waals surface area (Å²) in [5.74, 6) is 0. The van der Waals surface area contributed by atoms with E-state index in [4.69, 9.17) is 11.3 Å². The van der Waals surface area contributed by atoms with Crippen LogP contribution in [0.25, 0.3) is 4.85 Å². The molecule has 10 heavy (non-hydrogen) atoms. The van der Waals surface area contributed by atoms with E-state index in [-0.39, 0.29) is 0 Å². The lowest BCUT2D eigenvalue weighted by molar-refractivity contribution is 0.131. The minimum Gasteiger partial charge on any atom is -0.381 e. The highest BCUT2D eigenvalue weighted by molar-refractivity contribution is 4.56. The fourth-order valence-corrected chi connectivity index (χ4v) is 0.594. The summed E-state index contributed by atoms with van der Waals surface area (Å²) in [6.45, 7) is 10.8. The van der Waals surface area contributed by atoms with Crippen molar-refractivity contribution in [2.75, 3.05) is 19.8 Å². The predicted molar refractivity (Wildman–Crippen MR) is 41.8 cm³/mol. The van der Waals surface area contributed by atoms with E-state index in [1.54, 1.807) is 0 Å². The predicted octanol–water partition coefficient (Wildman–Crippen LogP) is 2.11. The molecule has 2 heteroatoms. The van der Waals surface area contributed by atoms with Crippen LogP contribution in [0.1, 0.15) is 26.2 Å². The maximum atomic E-state index is 6.49. The second kappa shape index (κ2) is 8.45. The average Bonchev–Trinajstić information content (AvgIpc) is 1.97. The number of hydrogen-bond donors (Lipinski definition) is 0. The van der Waals surface area contributed by atoms with Gasteiger partial charge in [-0.25, -0.2) is 6.57 Å². The summed E-state index contributed by atoms with van der Waals surface area (Å²) in [6, 6.07) is 0. The van der Waals surface area contributed by atoms with Crippen LogP contribution >= 0.6 is 0 Å². The molecule has 0 spiro atoms. The normalized spacial score (nSPS) is 9.20. The van der Waals surface area contributed by atoms with Gasteiger partial charge in [-0.2, -0.15) is 0 Å². The standard InChI is InChI=1S/C8H15NO/c1-3-4-7-10-8-5-6-9-2/h3-8H2,1H3. The lowest BCUT2D eigenvalue weighted by atomic mass is 10.4. The highest BCUT2D eigenvalue weighted by Gasteiger charge is 1.88. The van der Waals surface area contributed by atoms with Crippen molar-refractivity contribution in [1.82, 2.24) is 0 Å². The first kappa shape index (κ1) is 9.45. The molecule has 2 nitrogen and oxygen atoms in total. The fraction of sp³-hybridized carbons (Fsp3) is 0.875. The summed E-state index contributed by atoms with van der Waals surface area (Å²) < 4.78 is 5.23. The molecule has 0 rings (SSSR count). The van der Waals surface area contributed by atoms with Crippen molar-refractivity contribution in [1.29, 1.82) is 0 Å². The van der Waals surface area contributed by atoms with Gasteiger partial charge in [-0.1, -0.05) is 13.3 Å². The summed E-state index contributed by atoms with van der Waals surface area (Å²) in [7, 11) is 0. The summed E-state index contributed by atoms with van der Waals surface area (Å²) in [5.41, 5.74) is 0. The third kappa shape index (κ3) is 7.45. The Morgan fingerprint density at radius 1 is 1.30 bits per heavy atom. The third-order valence-electron chi connectivity index (χ3n) is 1.20. The van der Waals surface area contributed by atoms with Crippen molar-refractivity contribution >= 4 is 0 Å². The second-order valence-corrected chi connectivity index (χ2v) is 2.20. The first-order valence-electron chi connectivity index (χ1n) is 3.82. The topological polar surface area (TPSA) is 13.6 Å². The Labute approximate surface area is 63.0 Å². The molecular formula is C8H15NO. The Morgan fingerprint density at radius 2 is 2.00 bits per heavy atom. The minimum absolute atomic E-state index is 0.603. The van der Waals surface area contributed by atoms with E-state index < -0.39 is 0 Å². The van der Waals surface area contributed by atoms with Gasteiger partial charge in [0.2, 0.25) is 6.54 Å². The van der Waals surface area contributed by atoms with Crippen LogP contribution in [0.15, 0.2) is 0 Å². The number of nitrogens with zero attached hydrogens (tertiary/aromatic N) is 1. The van der Waals surface area contributed by atoms with E-state index in [0.29, 0.717) is 6.54 Å². The van der Waals surface area contributed by atoms with E-state index in [2.05, 4.69) is 11.8 Å². The Hall–Kier alpha value is -0.550. The third-order valence-corrected chi connectivity index (χ3v) is 1.20. The van der Waals surface area contributed by atoms with Gasteiger partial charge in [-0.15, -0.1) is 0 Å². The van der Waals surface area contributed by atoms with Gasteiger partial charge >= 0.3 is 0 Å². The van der Waals surface area contributed by atoms with Crippen LogP contribution in [0.3, 0.4) is 0 Å². The molecule has 0 aliphatic rings. The number of ether oxygens (including phenoxy) is 1. The van der Waals surface area contributed by atoms with Crippen molar-refractivity contribution in [3.63, 3.8) is 0 Å². The summed E-state index contributed by atoms with van der Waals surface area (Å²) in [4.78, 5) is 3.22. The van der Waals surface area contributed by atoms with Crippen molar-refractivity contribution in [2.24, 2.45) is 0 Å². The molecule has 0 aliphatic carbocycles. The highest BCUT2D eigenvalue weighted by atomic mass is 16.5. The molecule has 0 unspecified atom stereocenters. The molecule has 0 fully saturated rings. The van der Waals surface area contributed by atoms with Crippen LogP contribution in [0.2, 0.25) is 0 Å². The van der Waals surface area contributed by atoms with E-state index in [9.17, 15) is 0 Å². The van der Waals surface area contributed by atoms with Gasteiger partial charge in [0.15, 0.2) is 0 Å². The summed E-state index contributed by atoms with van der Waals surface area (Å²) >= 11 is 0. The Kier molecular flexibility index (Phi) is 7.99. The van der Waals surface area contributed by atoms with Crippen LogP contribution in [0.4, 0.5) is 0 Å². The van der Waals surface area contributed by atoms with Gasteiger partial charge in [-0.3, -0.25) is 0 Å². The van der Waals surface area contributed by atoms with Gasteiger partial charge in [-0.05, 0) is 6.42 Å². The first-order chi connectivity index (χ1) is 4.91. The zero-order valence-electron chi connectivity index (χ0n) is 6.60.